The number of anilines is 1. The molecule has 0 fully saturated rings. The minimum Gasteiger partial charge on any atom is -0.379 e. The average molecular weight is 239 g/mol. The fraction of sp³-hybridized carbons (Fsp3) is 0.667. The van der Waals surface area contributed by atoms with Crippen LogP contribution in [0.15, 0.2) is 15.8 Å². The lowest BCUT2D eigenvalue weighted by Gasteiger charge is -2.04. The van der Waals surface area contributed by atoms with Gasteiger partial charge in [-0.1, -0.05) is 39.0 Å². The molecule has 1 rings (SSSR count). The smallest absolute Gasteiger partial charge is 0.325 e. The van der Waals surface area contributed by atoms with E-state index in [0.717, 1.165) is 13.0 Å². The summed E-state index contributed by atoms with van der Waals surface area (Å²) in [6.07, 6.45) is 8.72. The van der Waals surface area contributed by atoms with Gasteiger partial charge >= 0.3 is 5.69 Å². The number of aromatic nitrogens is 2. The number of rotatable bonds is 8. The molecule has 1 heterocycles. The Morgan fingerprint density at radius 1 is 1.12 bits per heavy atom. The highest BCUT2D eigenvalue weighted by Crippen LogP contribution is 2.05. The van der Waals surface area contributed by atoms with Crippen LogP contribution in [0.5, 0.6) is 0 Å². The molecule has 0 aromatic carbocycles. The highest BCUT2D eigenvalue weighted by Gasteiger charge is 1.98. The summed E-state index contributed by atoms with van der Waals surface area (Å²) in [7, 11) is 0. The Morgan fingerprint density at radius 3 is 2.53 bits per heavy atom. The van der Waals surface area contributed by atoms with Crippen molar-refractivity contribution in [1.29, 1.82) is 0 Å². The molecule has 3 N–H and O–H groups in total. The van der Waals surface area contributed by atoms with Gasteiger partial charge in [0.15, 0.2) is 0 Å². The molecule has 17 heavy (non-hydrogen) atoms. The van der Waals surface area contributed by atoms with Crippen LogP contribution in [0.2, 0.25) is 0 Å². The van der Waals surface area contributed by atoms with E-state index in [-0.39, 0.29) is 5.56 Å². The van der Waals surface area contributed by atoms with Crippen molar-refractivity contribution in [1.82, 2.24) is 9.97 Å². The molecule has 0 aliphatic rings. The molecule has 5 heteroatoms. The van der Waals surface area contributed by atoms with Crippen LogP contribution < -0.4 is 16.6 Å². The summed E-state index contributed by atoms with van der Waals surface area (Å²) in [5.74, 6) is 0. The molecule has 1 aromatic heterocycles. The van der Waals surface area contributed by atoms with Crippen molar-refractivity contribution in [3.63, 3.8) is 0 Å². The van der Waals surface area contributed by atoms with Gasteiger partial charge in [0.2, 0.25) is 0 Å². The van der Waals surface area contributed by atoms with E-state index in [1.165, 1.54) is 38.3 Å². The first-order valence-electron chi connectivity index (χ1n) is 6.30. The molecule has 0 amide bonds. The summed E-state index contributed by atoms with van der Waals surface area (Å²) in [5.41, 5.74) is -0.405. The molecule has 96 valence electrons. The van der Waals surface area contributed by atoms with E-state index in [0.29, 0.717) is 5.69 Å². The zero-order valence-electron chi connectivity index (χ0n) is 10.3. The predicted octanol–water partition coefficient (Wildman–Crippen LogP) is 1.84. The lowest BCUT2D eigenvalue weighted by Crippen LogP contribution is -2.24. The minimum atomic E-state index is -0.472. The first kappa shape index (κ1) is 13.5. The van der Waals surface area contributed by atoms with Gasteiger partial charge in [-0.05, 0) is 6.42 Å². The first-order chi connectivity index (χ1) is 8.24. The molecule has 0 saturated carbocycles. The van der Waals surface area contributed by atoms with Crippen LogP contribution in [0.3, 0.4) is 0 Å². The van der Waals surface area contributed by atoms with Crippen LogP contribution in [-0.2, 0) is 0 Å². The van der Waals surface area contributed by atoms with Crippen LogP contribution in [0.4, 0.5) is 5.69 Å². The summed E-state index contributed by atoms with van der Waals surface area (Å²) in [4.78, 5) is 26.7. The van der Waals surface area contributed by atoms with Crippen molar-refractivity contribution in [2.75, 3.05) is 11.9 Å². The second kappa shape index (κ2) is 7.70. The fourth-order valence-electron chi connectivity index (χ4n) is 1.67. The number of hydrogen-bond donors (Lipinski definition) is 3. The minimum absolute atomic E-state index is 0.361. The third kappa shape index (κ3) is 5.38. The molecule has 0 aliphatic carbocycles. The fourth-order valence-corrected chi connectivity index (χ4v) is 1.67. The quantitative estimate of drug-likeness (QED) is 0.606. The van der Waals surface area contributed by atoms with Crippen molar-refractivity contribution in [2.24, 2.45) is 0 Å². The highest BCUT2D eigenvalue weighted by atomic mass is 16.2. The summed E-state index contributed by atoms with van der Waals surface area (Å²) in [5, 5.41) is 3.02. The highest BCUT2D eigenvalue weighted by molar-refractivity contribution is 5.36. The number of aromatic amines is 2. The third-order valence-corrected chi connectivity index (χ3v) is 2.67. The number of nitrogens with one attached hydrogen (secondary N) is 3. The lowest BCUT2D eigenvalue weighted by molar-refractivity contribution is 0.617. The van der Waals surface area contributed by atoms with Gasteiger partial charge in [0.05, 0.1) is 0 Å². The van der Waals surface area contributed by atoms with E-state index in [9.17, 15) is 9.59 Å². The van der Waals surface area contributed by atoms with E-state index < -0.39 is 5.69 Å². The van der Waals surface area contributed by atoms with Gasteiger partial charge in [-0.3, -0.25) is 9.78 Å². The van der Waals surface area contributed by atoms with Crippen LogP contribution >= 0.6 is 0 Å². The number of hydrogen-bond acceptors (Lipinski definition) is 3. The summed E-state index contributed by atoms with van der Waals surface area (Å²) in [6, 6.07) is 0. The molecule has 0 saturated heterocycles. The normalized spacial score (nSPS) is 10.4. The van der Waals surface area contributed by atoms with Crippen LogP contribution in [-0.4, -0.2) is 16.5 Å². The van der Waals surface area contributed by atoms with Crippen molar-refractivity contribution < 1.29 is 0 Å². The first-order valence-corrected chi connectivity index (χ1v) is 6.30. The Kier molecular flexibility index (Phi) is 6.14. The Bertz CT molecular complexity index is 422. The van der Waals surface area contributed by atoms with Crippen molar-refractivity contribution in [3.05, 3.63) is 27.0 Å². The van der Waals surface area contributed by atoms with Gasteiger partial charge in [-0.15, -0.1) is 0 Å². The van der Waals surface area contributed by atoms with E-state index in [4.69, 9.17) is 0 Å². The summed E-state index contributed by atoms with van der Waals surface area (Å²) < 4.78 is 0. The molecule has 0 aliphatic heterocycles. The van der Waals surface area contributed by atoms with Crippen LogP contribution in [0, 0.1) is 0 Å². The molecule has 0 radical (unpaired) electrons. The third-order valence-electron chi connectivity index (χ3n) is 2.67. The van der Waals surface area contributed by atoms with Gasteiger partial charge in [0, 0.05) is 12.7 Å². The average Bonchev–Trinajstić information content (AvgIpc) is 2.30. The van der Waals surface area contributed by atoms with E-state index in [1.807, 2.05) is 0 Å². The molecule has 1 aromatic rings. The van der Waals surface area contributed by atoms with Crippen molar-refractivity contribution in [3.8, 4) is 0 Å². The van der Waals surface area contributed by atoms with E-state index in [2.05, 4.69) is 22.2 Å². The maximum absolute atomic E-state index is 11.3. The second-order valence-electron chi connectivity index (χ2n) is 4.18. The van der Waals surface area contributed by atoms with Crippen LogP contribution in [0.25, 0.3) is 0 Å². The predicted molar refractivity (Wildman–Crippen MR) is 69.5 cm³/mol. The SMILES string of the molecule is CCCCCCCCNc1c[nH]c(=O)[nH]c1=O. The molecule has 0 atom stereocenters. The Balaban J connectivity index is 2.18. The van der Waals surface area contributed by atoms with Crippen molar-refractivity contribution >= 4 is 5.69 Å². The molecular formula is C12H21N3O2. The zero-order valence-corrected chi connectivity index (χ0v) is 10.3. The Labute approximate surface area is 101 Å². The number of H-pyrrole nitrogens is 2. The van der Waals surface area contributed by atoms with Gasteiger partial charge < -0.3 is 10.3 Å². The maximum atomic E-state index is 11.3. The van der Waals surface area contributed by atoms with Crippen LogP contribution in [0.1, 0.15) is 45.4 Å². The zero-order chi connectivity index (χ0) is 12.5. The summed E-state index contributed by atoms with van der Waals surface area (Å²) in [6.45, 7) is 2.96. The largest absolute Gasteiger partial charge is 0.379 e. The lowest BCUT2D eigenvalue weighted by atomic mass is 10.1. The molecule has 0 spiro atoms. The van der Waals surface area contributed by atoms with Gasteiger partial charge in [-0.25, -0.2) is 4.79 Å². The van der Waals surface area contributed by atoms with Gasteiger partial charge in [-0.2, -0.15) is 0 Å². The molecule has 5 nitrogen and oxygen atoms in total. The maximum Gasteiger partial charge on any atom is 0.325 e. The summed E-state index contributed by atoms with van der Waals surface area (Å²) >= 11 is 0. The molecule has 0 bridgehead atoms. The van der Waals surface area contributed by atoms with Gasteiger partial charge in [0.1, 0.15) is 5.69 Å². The van der Waals surface area contributed by atoms with E-state index in [1.54, 1.807) is 0 Å². The Morgan fingerprint density at radius 2 is 1.82 bits per heavy atom. The van der Waals surface area contributed by atoms with Gasteiger partial charge in [0.25, 0.3) is 5.56 Å². The number of unbranched alkanes of at least 4 members (excludes halogenated alkanes) is 5. The molecular weight excluding hydrogens is 218 g/mol. The molecule has 0 unspecified atom stereocenters. The Hall–Kier alpha value is -1.52. The standard InChI is InChI=1S/C12H21N3O2/c1-2-3-4-5-6-7-8-13-10-9-14-12(17)15-11(10)16/h9,13H,2-8H2,1H3,(H2,14,15,16,17). The van der Waals surface area contributed by atoms with Crippen molar-refractivity contribution in [2.45, 2.75) is 45.4 Å². The van der Waals surface area contributed by atoms with E-state index >= 15 is 0 Å². The monoisotopic (exact) mass is 239 g/mol. The topological polar surface area (TPSA) is 77.8 Å². The second-order valence-corrected chi connectivity index (χ2v) is 4.18.